The highest BCUT2D eigenvalue weighted by molar-refractivity contribution is 5.13. The summed E-state index contributed by atoms with van der Waals surface area (Å²) < 4.78 is 21.9. The number of benzene rings is 1. The van der Waals surface area contributed by atoms with Crippen molar-refractivity contribution in [2.24, 2.45) is 0 Å². The maximum atomic E-state index is 5.53. The molecule has 1 aromatic carbocycles. The Morgan fingerprint density at radius 3 is 1.78 bits per heavy atom. The third-order valence-corrected chi connectivity index (χ3v) is 3.37. The van der Waals surface area contributed by atoms with Gasteiger partial charge in [-0.1, -0.05) is 56.5 Å². The summed E-state index contributed by atoms with van der Waals surface area (Å²) >= 11 is 0. The smallest absolute Gasteiger partial charge is 0.0718 e. The highest BCUT2D eigenvalue weighted by Crippen LogP contribution is 2.00. The lowest BCUT2D eigenvalue weighted by Crippen LogP contribution is -2.12. The quantitative estimate of drug-likeness (QED) is 0.433. The van der Waals surface area contributed by atoms with E-state index in [2.05, 4.69) is 19.1 Å². The maximum Gasteiger partial charge on any atom is 0.0718 e. The first-order valence-electron chi connectivity index (χ1n) is 8.78. The van der Waals surface area contributed by atoms with E-state index >= 15 is 0 Å². The minimum Gasteiger partial charge on any atom is -0.379 e. The zero-order chi connectivity index (χ0) is 16.4. The topological polar surface area (TPSA) is 36.9 Å². The summed E-state index contributed by atoms with van der Waals surface area (Å²) in [6.07, 6.45) is 4.98. The average molecular weight is 324 g/mol. The number of unbranched alkanes of at least 4 members (excludes halogenated alkanes) is 3. The Labute approximate surface area is 141 Å². The first-order valence-corrected chi connectivity index (χ1v) is 8.78. The van der Waals surface area contributed by atoms with Crippen LogP contribution in [0.25, 0.3) is 0 Å². The third kappa shape index (κ3) is 13.2. The van der Waals surface area contributed by atoms with Crippen LogP contribution < -0.4 is 0 Å². The number of rotatable bonds is 16. The lowest BCUT2D eigenvalue weighted by Gasteiger charge is -2.07. The van der Waals surface area contributed by atoms with Crippen molar-refractivity contribution in [2.75, 3.05) is 46.2 Å². The van der Waals surface area contributed by atoms with Gasteiger partial charge in [-0.2, -0.15) is 0 Å². The molecular weight excluding hydrogens is 292 g/mol. The number of ether oxygens (including phenoxy) is 4. The zero-order valence-corrected chi connectivity index (χ0v) is 14.5. The summed E-state index contributed by atoms with van der Waals surface area (Å²) in [6, 6.07) is 10.1. The first-order chi connectivity index (χ1) is 11.4. The molecule has 132 valence electrons. The molecule has 0 aliphatic carbocycles. The van der Waals surface area contributed by atoms with Gasteiger partial charge in [0.1, 0.15) is 0 Å². The lowest BCUT2D eigenvalue weighted by molar-refractivity contribution is -0.00439. The molecule has 0 aromatic heterocycles. The van der Waals surface area contributed by atoms with E-state index in [1.165, 1.54) is 24.8 Å². The van der Waals surface area contributed by atoms with Crippen molar-refractivity contribution in [1.29, 1.82) is 0 Å². The second-order valence-electron chi connectivity index (χ2n) is 5.44. The number of hydrogen-bond acceptors (Lipinski definition) is 4. The van der Waals surface area contributed by atoms with Crippen molar-refractivity contribution in [3.8, 4) is 0 Å². The molecule has 4 nitrogen and oxygen atoms in total. The van der Waals surface area contributed by atoms with E-state index in [0.717, 1.165) is 13.0 Å². The fourth-order valence-corrected chi connectivity index (χ4v) is 2.05. The molecular formula is C19H32O4. The van der Waals surface area contributed by atoms with E-state index in [9.17, 15) is 0 Å². The molecule has 1 aromatic rings. The first kappa shape index (κ1) is 20.1. The van der Waals surface area contributed by atoms with Crippen LogP contribution in [0.5, 0.6) is 0 Å². The molecule has 1 rings (SSSR count). The molecule has 4 heteroatoms. The van der Waals surface area contributed by atoms with E-state index in [-0.39, 0.29) is 0 Å². The van der Waals surface area contributed by atoms with Crippen molar-refractivity contribution in [3.05, 3.63) is 35.9 Å². The second-order valence-corrected chi connectivity index (χ2v) is 5.44. The van der Waals surface area contributed by atoms with Gasteiger partial charge in [0.25, 0.3) is 0 Å². The normalized spacial score (nSPS) is 11.0. The molecule has 0 saturated carbocycles. The molecule has 0 heterocycles. The lowest BCUT2D eigenvalue weighted by atomic mass is 10.2. The minimum atomic E-state index is 0.601. The highest BCUT2D eigenvalue weighted by atomic mass is 16.6. The van der Waals surface area contributed by atoms with Crippen LogP contribution >= 0.6 is 0 Å². The van der Waals surface area contributed by atoms with Crippen LogP contribution in [-0.2, 0) is 25.6 Å². The summed E-state index contributed by atoms with van der Waals surface area (Å²) in [5.41, 5.74) is 1.19. The Morgan fingerprint density at radius 1 is 0.609 bits per heavy atom. The average Bonchev–Trinajstić information content (AvgIpc) is 2.59. The Bertz CT molecular complexity index is 342. The van der Waals surface area contributed by atoms with Gasteiger partial charge in [0.05, 0.1) is 46.2 Å². The molecule has 0 fully saturated rings. The van der Waals surface area contributed by atoms with Gasteiger partial charge >= 0.3 is 0 Å². The standard InChI is InChI=1S/C19H32O4/c1-2-3-4-8-11-20-12-13-21-14-15-22-16-17-23-18-19-9-6-5-7-10-19/h5-7,9-10H,2-4,8,11-18H2,1H3. The molecule has 0 unspecified atom stereocenters. The van der Waals surface area contributed by atoms with E-state index < -0.39 is 0 Å². The van der Waals surface area contributed by atoms with Crippen LogP contribution in [0.3, 0.4) is 0 Å². The van der Waals surface area contributed by atoms with Crippen molar-refractivity contribution in [1.82, 2.24) is 0 Å². The van der Waals surface area contributed by atoms with Gasteiger partial charge in [-0.15, -0.1) is 0 Å². The van der Waals surface area contributed by atoms with Crippen molar-refractivity contribution in [2.45, 2.75) is 39.2 Å². The Balaban J connectivity index is 1.72. The molecule has 0 aliphatic heterocycles. The summed E-state index contributed by atoms with van der Waals surface area (Å²) in [7, 11) is 0. The summed E-state index contributed by atoms with van der Waals surface area (Å²) in [5, 5.41) is 0. The fraction of sp³-hybridized carbons (Fsp3) is 0.684. The van der Waals surface area contributed by atoms with E-state index in [1.54, 1.807) is 0 Å². The van der Waals surface area contributed by atoms with Crippen LogP contribution in [0.4, 0.5) is 0 Å². The van der Waals surface area contributed by atoms with E-state index in [4.69, 9.17) is 18.9 Å². The molecule has 0 spiro atoms. The van der Waals surface area contributed by atoms with Gasteiger partial charge < -0.3 is 18.9 Å². The third-order valence-electron chi connectivity index (χ3n) is 3.37. The molecule has 0 atom stereocenters. The van der Waals surface area contributed by atoms with Crippen LogP contribution in [0.2, 0.25) is 0 Å². The van der Waals surface area contributed by atoms with Gasteiger partial charge in [0, 0.05) is 6.61 Å². The van der Waals surface area contributed by atoms with Gasteiger partial charge in [0.2, 0.25) is 0 Å². The molecule has 0 aliphatic rings. The Kier molecular flexibility index (Phi) is 13.9. The van der Waals surface area contributed by atoms with Crippen molar-refractivity contribution >= 4 is 0 Å². The Hall–Kier alpha value is -0.940. The SMILES string of the molecule is CCCCCCOCCOCCOCCOCc1ccccc1. The molecule has 0 N–H and O–H groups in total. The zero-order valence-electron chi connectivity index (χ0n) is 14.5. The Morgan fingerprint density at radius 2 is 1.17 bits per heavy atom. The van der Waals surface area contributed by atoms with Gasteiger partial charge in [-0.05, 0) is 12.0 Å². The minimum absolute atomic E-state index is 0.601. The van der Waals surface area contributed by atoms with Gasteiger partial charge in [0.15, 0.2) is 0 Å². The van der Waals surface area contributed by atoms with E-state index in [0.29, 0.717) is 46.2 Å². The molecule has 0 bridgehead atoms. The summed E-state index contributed by atoms with van der Waals surface area (Å²) in [4.78, 5) is 0. The molecule has 23 heavy (non-hydrogen) atoms. The fourth-order valence-electron chi connectivity index (χ4n) is 2.05. The monoisotopic (exact) mass is 324 g/mol. The van der Waals surface area contributed by atoms with Gasteiger partial charge in [-0.25, -0.2) is 0 Å². The predicted octanol–water partition coefficient (Wildman–Crippen LogP) is 3.83. The van der Waals surface area contributed by atoms with Crippen LogP contribution in [-0.4, -0.2) is 46.2 Å². The van der Waals surface area contributed by atoms with Crippen LogP contribution in [0.1, 0.15) is 38.2 Å². The summed E-state index contributed by atoms with van der Waals surface area (Å²) in [5.74, 6) is 0. The molecule has 0 radical (unpaired) electrons. The largest absolute Gasteiger partial charge is 0.379 e. The molecule has 0 saturated heterocycles. The number of hydrogen-bond donors (Lipinski definition) is 0. The maximum absolute atomic E-state index is 5.53. The van der Waals surface area contributed by atoms with Crippen LogP contribution in [0, 0.1) is 0 Å². The van der Waals surface area contributed by atoms with Crippen molar-refractivity contribution < 1.29 is 18.9 Å². The van der Waals surface area contributed by atoms with E-state index in [1.807, 2.05) is 18.2 Å². The highest BCUT2D eigenvalue weighted by Gasteiger charge is 1.94. The molecule has 0 amide bonds. The predicted molar refractivity (Wildman–Crippen MR) is 92.7 cm³/mol. The second kappa shape index (κ2) is 15.9. The van der Waals surface area contributed by atoms with Gasteiger partial charge in [-0.3, -0.25) is 0 Å². The van der Waals surface area contributed by atoms with Crippen molar-refractivity contribution in [3.63, 3.8) is 0 Å². The summed E-state index contributed by atoms with van der Waals surface area (Å²) in [6.45, 7) is 7.43. The van der Waals surface area contributed by atoms with Crippen LogP contribution in [0.15, 0.2) is 30.3 Å².